The minimum absolute atomic E-state index is 0.610. The molecule has 1 N–H and O–H groups in total. The van der Waals surface area contributed by atoms with E-state index in [1.54, 1.807) is 0 Å². The van der Waals surface area contributed by atoms with Crippen molar-refractivity contribution in [2.45, 2.75) is 6.92 Å². The van der Waals surface area contributed by atoms with Crippen LogP contribution in [-0.4, -0.2) is 19.7 Å². The lowest BCUT2D eigenvalue weighted by molar-refractivity contribution is 0.362. The average molecular weight is 217 g/mol. The predicted molar refractivity (Wildman–Crippen MR) is 68.9 cm³/mol. The molecule has 0 aliphatic carbocycles. The summed E-state index contributed by atoms with van der Waals surface area (Å²) in [7, 11) is 0. The van der Waals surface area contributed by atoms with Crippen LogP contribution < -0.4 is 10.1 Å². The monoisotopic (exact) mass is 217 g/mol. The topological polar surface area (TPSA) is 21.3 Å². The fourth-order valence-electron chi connectivity index (χ4n) is 1.27. The molecule has 2 heteroatoms. The fourth-order valence-corrected chi connectivity index (χ4v) is 1.27. The van der Waals surface area contributed by atoms with Gasteiger partial charge in [-0.3, -0.25) is 0 Å². The maximum Gasteiger partial charge on any atom is 0.120 e. The van der Waals surface area contributed by atoms with Crippen molar-refractivity contribution in [3.05, 3.63) is 54.6 Å². The van der Waals surface area contributed by atoms with Crippen molar-refractivity contribution < 1.29 is 4.74 Å². The fraction of sp³-hybridized carbons (Fsp3) is 0.286. The number of ether oxygens (including phenoxy) is 1. The summed E-state index contributed by atoms with van der Waals surface area (Å²) in [6, 6.07) is 8.06. The summed E-state index contributed by atoms with van der Waals surface area (Å²) in [6.07, 6.45) is 5.91. The van der Waals surface area contributed by atoms with Gasteiger partial charge in [-0.1, -0.05) is 30.4 Å². The van der Waals surface area contributed by atoms with Gasteiger partial charge < -0.3 is 10.1 Å². The van der Waals surface area contributed by atoms with Crippen LogP contribution in [0.5, 0.6) is 5.75 Å². The molecule has 0 aromatic heterocycles. The van der Waals surface area contributed by atoms with Crippen molar-refractivity contribution >= 4 is 0 Å². The van der Waals surface area contributed by atoms with Gasteiger partial charge in [0.2, 0.25) is 0 Å². The van der Waals surface area contributed by atoms with E-state index in [2.05, 4.69) is 31.0 Å². The van der Waals surface area contributed by atoms with Gasteiger partial charge in [0, 0.05) is 13.1 Å². The predicted octanol–water partition coefficient (Wildman–Crippen LogP) is 2.71. The van der Waals surface area contributed by atoms with Crippen molar-refractivity contribution in [2.75, 3.05) is 19.7 Å². The van der Waals surface area contributed by atoms with Gasteiger partial charge in [0.15, 0.2) is 0 Å². The van der Waals surface area contributed by atoms with E-state index in [9.17, 15) is 0 Å². The van der Waals surface area contributed by atoms with E-state index >= 15 is 0 Å². The van der Waals surface area contributed by atoms with Crippen LogP contribution in [0.25, 0.3) is 0 Å². The van der Waals surface area contributed by atoms with Crippen molar-refractivity contribution in [3.63, 3.8) is 0 Å². The van der Waals surface area contributed by atoms with Crippen molar-refractivity contribution in [2.24, 2.45) is 0 Å². The summed E-state index contributed by atoms with van der Waals surface area (Å²) in [6.45, 7) is 7.99. The molecule has 0 saturated heterocycles. The first-order chi connectivity index (χ1) is 7.83. The lowest BCUT2D eigenvalue weighted by atomic mass is 10.2. The maximum absolute atomic E-state index is 5.56. The molecular weight excluding hydrogens is 198 g/mol. The molecule has 0 fully saturated rings. The van der Waals surface area contributed by atoms with Crippen LogP contribution in [-0.2, 0) is 0 Å². The number of benzene rings is 1. The summed E-state index contributed by atoms with van der Waals surface area (Å²) in [5, 5.41) is 3.18. The Morgan fingerprint density at radius 2 is 2.19 bits per heavy atom. The highest BCUT2D eigenvalue weighted by molar-refractivity contribution is 5.27. The normalized spacial score (nSPS) is 10.6. The Labute approximate surface area is 97.6 Å². The first-order valence-electron chi connectivity index (χ1n) is 5.49. The summed E-state index contributed by atoms with van der Waals surface area (Å²) in [5.41, 5.74) is 1.22. The smallest absolute Gasteiger partial charge is 0.120 e. The molecule has 2 nitrogen and oxygen atoms in total. The molecular formula is C14H19NO. The molecule has 0 aliphatic heterocycles. The Morgan fingerprint density at radius 3 is 2.94 bits per heavy atom. The average Bonchev–Trinajstić information content (AvgIpc) is 2.28. The van der Waals surface area contributed by atoms with E-state index in [1.807, 2.05) is 30.4 Å². The Morgan fingerprint density at radius 1 is 1.31 bits per heavy atom. The molecule has 0 unspecified atom stereocenters. The molecule has 0 radical (unpaired) electrons. The Kier molecular flexibility index (Phi) is 6.04. The Bertz CT molecular complexity index is 344. The van der Waals surface area contributed by atoms with Gasteiger partial charge in [-0.05, 0) is 24.6 Å². The quantitative estimate of drug-likeness (QED) is 0.560. The molecule has 0 amide bonds. The molecule has 0 saturated carbocycles. The van der Waals surface area contributed by atoms with Crippen LogP contribution in [0.4, 0.5) is 0 Å². The third-order valence-corrected chi connectivity index (χ3v) is 2.05. The van der Waals surface area contributed by atoms with E-state index in [-0.39, 0.29) is 0 Å². The molecule has 1 aromatic carbocycles. The third kappa shape index (κ3) is 5.37. The number of rotatable bonds is 7. The number of nitrogens with one attached hydrogen (secondary N) is 1. The number of hydrogen-bond acceptors (Lipinski definition) is 2. The SMILES string of the molecule is C=CCNCC=CCOc1cccc(C)c1. The molecule has 0 heterocycles. The second kappa shape index (κ2) is 7.71. The van der Waals surface area contributed by atoms with Gasteiger partial charge in [-0.15, -0.1) is 6.58 Å². The lowest BCUT2D eigenvalue weighted by Crippen LogP contribution is -2.12. The second-order valence-corrected chi connectivity index (χ2v) is 3.55. The van der Waals surface area contributed by atoms with Crippen LogP contribution >= 0.6 is 0 Å². The first kappa shape index (κ1) is 12.5. The highest BCUT2D eigenvalue weighted by Crippen LogP contribution is 2.11. The highest BCUT2D eigenvalue weighted by atomic mass is 16.5. The molecule has 1 aromatic rings. The minimum atomic E-state index is 0.610. The molecule has 0 aliphatic rings. The first-order valence-corrected chi connectivity index (χ1v) is 5.49. The Balaban J connectivity index is 2.17. The zero-order valence-electron chi connectivity index (χ0n) is 9.78. The van der Waals surface area contributed by atoms with E-state index in [0.29, 0.717) is 6.61 Å². The molecule has 0 atom stereocenters. The van der Waals surface area contributed by atoms with Crippen LogP contribution in [0.15, 0.2) is 49.1 Å². The van der Waals surface area contributed by atoms with E-state index in [0.717, 1.165) is 18.8 Å². The maximum atomic E-state index is 5.56. The lowest BCUT2D eigenvalue weighted by Gasteiger charge is -2.03. The summed E-state index contributed by atoms with van der Waals surface area (Å²) in [5.74, 6) is 0.920. The van der Waals surface area contributed by atoms with Crippen LogP contribution in [0.3, 0.4) is 0 Å². The zero-order chi connectivity index (χ0) is 11.6. The molecule has 86 valence electrons. The van der Waals surface area contributed by atoms with Crippen molar-refractivity contribution in [1.82, 2.24) is 5.32 Å². The van der Waals surface area contributed by atoms with E-state index < -0.39 is 0 Å². The van der Waals surface area contributed by atoms with Gasteiger partial charge in [0.1, 0.15) is 12.4 Å². The van der Waals surface area contributed by atoms with Gasteiger partial charge >= 0.3 is 0 Å². The summed E-state index contributed by atoms with van der Waals surface area (Å²) >= 11 is 0. The third-order valence-electron chi connectivity index (χ3n) is 2.05. The Hall–Kier alpha value is -1.54. The van der Waals surface area contributed by atoms with Crippen molar-refractivity contribution in [3.8, 4) is 5.75 Å². The van der Waals surface area contributed by atoms with Crippen LogP contribution in [0.1, 0.15) is 5.56 Å². The van der Waals surface area contributed by atoms with E-state index in [4.69, 9.17) is 4.74 Å². The van der Waals surface area contributed by atoms with Crippen molar-refractivity contribution in [1.29, 1.82) is 0 Å². The van der Waals surface area contributed by atoms with Crippen LogP contribution in [0, 0.1) is 6.92 Å². The molecule has 0 bridgehead atoms. The van der Waals surface area contributed by atoms with Crippen LogP contribution in [0.2, 0.25) is 0 Å². The van der Waals surface area contributed by atoms with Gasteiger partial charge in [0.05, 0.1) is 0 Å². The summed E-state index contributed by atoms with van der Waals surface area (Å²) < 4.78 is 5.56. The molecule has 1 rings (SSSR count). The van der Waals surface area contributed by atoms with Gasteiger partial charge in [-0.2, -0.15) is 0 Å². The van der Waals surface area contributed by atoms with E-state index in [1.165, 1.54) is 5.56 Å². The second-order valence-electron chi connectivity index (χ2n) is 3.55. The largest absolute Gasteiger partial charge is 0.490 e. The molecule has 16 heavy (non-hydrogen) atoms. The minimum Gasteiger partial charge on any atom is -0.490 e. The standard InChI is InChI=1S/C14H19NO/c1-3-9-15-10-4-5-11-16-14-8-6-7-13(2)12-14/h3-8,12,15H,1,9-11H2,2H3. The van der Waals surface area contributed by atoms with Gasteiger partial charge in [-0.25, -0.2) is 0 Å². The highest BCUT2D eigenvalue weighted by Gasteiger charge is 1.90. The number of hydrogen-bond donors (Lipinski definition) is 1. The number of aryl methyl sites for hydroxylation is 1. The zero-order valence-corrected chi connectivity index (χ0v) is 9.78. The van der Waals surface area contributed by atoms with Gasteiger partial charge in [0.25, 0.3) is 0 Å². The summed E-state index contributed by atoms with van der Waals surface area (Å²) in [4.78, 5) is 0. The molecule has 0 spiro atoms.